The zero-order valence-corrected chi connectivity index (χ0v) is 39.1. The predicted molar refractivity (Wildman–Crippen MR) is 292 cm³/mol. The zero-order valence-electron chi connectivity index (χ0n) is 39.1. The van der Waals surface area contributed by atoms with E-state index in [1.54, 1.807) is 0 Å². The number of aliphatic imine (C=N–C) groups is 2. The molecular weight excluding hydrogens is 853 g/mol. The Hall–Kier alpha value is -8.60. The second-order valence-electron chi connectivity index (χ2n) is 19.0. The van der Waals surface area contributed by atoms with Crippen LogP contribution in [0.5, 0.6) is 0 Å². The Labute approximate surface area is 407 Å². The average molecular weight is 901 g/mol. The van der Waals surface area contributed by atoms with Crippen LogP contribution in [0.2, 0.25) is 0 Å². The van der Waals surface area contributed by atoms with Crippen molar-refractivity contribution in [1.82, 2.24) is 0 Å². The van der Waals surface area contributed by atoms with Crippen molar-refractivity contribution >= 4 is 67.0 Å². The first-order chi connectivity index (χ1) is 34.5. The molecule has 0 bridgehead atoms. The van der Waals surface area contributed by atoms with E-state index >= 15 is 0 Å². The molecule has 0 fully saturated rings. The number of hydrogen-bond acceptors (Lipinski definition) is 4. The van der Waals surface area contributed by atoms with Crippen molar-refractivity contribution in [3.05, 3.63) is 251 Å². The summed E-state index contributed by atoms with van der Waals surface area (Å²) in [6.07, 6.45) is 7.02. The lowest BCUT2D eigenvalue weighted by Crippen LogP contribution is -2.24. The second kappa shape index (κ2) is 16.9. The molecule has 1 unspecified atom stereocenters. The van der Waals surface area contributed by atoms with E-state index in [0.29, 0.717) is 5.84 Å². The summed E-state index contributed by atoms with van der Waals surface area (Å²) < 4.78 is 13.2. The van der Waals surface area contributed by atoms with Gasteiger partial charge in [-0.3, -0.25) is 0 Å². The van der Waals surface area contributed by atoms with Gasteiger partial charge in [0, 0.05) is 44.7 Å². The van der Waals surface area contributed by atoms with Crippen LogP contribution in [0.1, 0.15) is 60.3 Å². The molecule has 1 aliphatic carbocycles. The summed E-state index contributed by atoms with van der Waals surface area (Å²) in [7, 11) is 0. The normalized spacial score (nSPS) is 18.6. The summed E-state index contributed by atoms with van der Waals surface area (Å²) in [5.74, 6) is 1.69. The van der Waals surface area contributed by atoms with E-state index in [-0.39, 0.29) is 5.41 Å². The van der Waals surface area contributed by atoms with Gasteiger partial charge in [-0.1, -0.05) is 201 Å². The molecule has 0 saturated carbocycles. The minimum absolute atomic E-state index is 0.307. The highest BCUT2D eigenvalue weighted by atomic mass is 16.3. The van der Waals surface area contributed by atoms with E-state index in [1.807, 2.05) is 6.07 Å². The standard InChI is InChI=1S/C66H48N2O2/c1-42-27-38-57(47-32-28-45(29-33-47)43-15-5-3-6-16-43)67-65(68-64(42)48-34-30-46(31-35-48)44-17-7-4-8-18-44)53-37-36-51(49-19-9-10-20-50(49)53)52-22-13-25-59-62(52)55-39-40-66(2,41-61(55)70-59)56-23-14-26-60-63(56)54-21-11-12-24-58(54)69-60/h3-26,28-37,39-40H,27,38,41H2,1-2H3/b64-42-,67-57+,68-65-. The zero-order chi connectivity index (χ0) is 46.8. The second-order valence-corrected chi connectivity index (χ2v) is 19.0. The Morgan fingerprint density at radius 3 is 1.70 bits per heavy atom. The van der Waals surface area contributed by atoms with E-state index in [0.717, 1.165) is 108 Å². The third-order valence-electron chi connectivity index (χ3n) is 14.6. The molecule has 11 aromatic rings. The number of furan rings is 2. The van der Waals surface area contributed by atoms with Gasteiger partial charge < -0.3 is 8.83 Å². The maximum absolute atomic E-state index is 6.87. The van der Waals surface area contributed by atoms with Gasteiger partial charge in [-0.2, -0.15) is 0 Å². The molecule has 334 valence electrons. The van der Waals surface area contributed by atoms with Crippen molar-refractivity contribution in [3.8, 4) is 33.4 Å². The van der Waals surface area contributed by atoms with Crippen LogP contribution in [0.25, 0.3) is 88.8 Å². The van der Waals surface area contributed by atoms with Crippen molar-refractivity contribution < 1.29 is 8.83 Å². The number of amidine groups is 1. The molecule has 70 heavy (non-hydrogen) atoms. The maximum Gasteiger partial charge on any atom is 0.160 e. The van der Waals surface area contributed by atoms with Crippen molar-refractivity contribution in [3.63, 3.8) is 0 Å². The van der Waals surface area contributed by atoms with Crippen LogP contribution in [0.15, 0.2) is 237 Å². The molecular formula is C66H48N2O2. The molecule has 0 amide bonds. The fourth-order valence-corrected chi connectivity index (χ4v) is 11.0. The summed E-state index contributed by atoms with van der Waals surface area (Å²) >= 11 is 0. The third kappa shape index (κ3) is 7.14. The molecule has 3 heterocycles. The Balaban J connectivity index is 0.931. The van der Waals surface area contributed by atoms with Gasteiger partial charge in [0.05, 0.1) is 11.4 Å². The topological polar surface area (TPSA) is 51.0 Å². The number of para-hydroxylation sites is 1. The van der Waals surface area contributed by atoms with Gasteiger partial charge in [0.25, 0.3) is 0 Å². The van der Waals surface area contributed by atoms with E-state index in [9.17, 15) is 0 Å². The fourth-order valence-electron chi connectivity index (χ4n) is 11.0. The molecule has 4 heteroatoms. The monoisotopic (exact) mass is 900 g/mol. The van der Waals surface area contributed by atoms with Crippen LogP contribution in [-0.4, -0.2) is 11.5 Å². The minimum Gasteiger partial charge on any atom is -0.460 e. The van der Waals surface area contributed by atoms with Crippen LogP contribution < -0.4 is 0 Å². The Kier molecular flexibility index (Phi) is 10.0. The van der Waals surface area contributed by atoms with Crippen LogP contribution >= 0.6 is 0 Å². The van der Waals surface area contributed by atoms with Crippen LogP contribution in [0, 0.1) is 0 Å². The van der Waals surface area contributed by atoms with Crippen molar-refractivity contribution in [2.75, 3.05) is 0 Å². The summed E-state index contributed by atoms with van der Waals surface area (Å²) in [4.78, 5) is 11.2. The lowest BCUT2D eigenvalue weighted by molar-refractivity contribution is 0.477. The summed E-state index contributed by atoms with van der Waals surface area (Å²) in [5.41, 5.74) is 18.2. The van der Waals surface area contributed by atoms with Crippen LogP contribution in [0.4, 0.5) is 0 Å². The molecule has 1 aliphatic heterocycles. The van der Waals surface area contributed by atoms with Gasteiger partial charge >= 0.3 is 0 Å². The molecule has 13 rings (SSSR count). The van der Waals surface area contributed by atoms with Gasteiger partial charge in [0.1, 0.15) is 22.5 Å². The van der Waals surface area contributed by atoms with Crippen LogP contribution in [0.3, 0.4) is 0 Å². The first kappa shape index (κ1) is 41.6. The van der Waals surface area contributed by atoms with Crippen LogP contribution in [-0.2, 0) is 11.8 Å². The number of nitrogens with zero attached hydrogens (tertiary/aromatic N) is 2. The summed E-state index contributed by atoms with van der Waals surface area (Å²) in [5, 5.41) is 5.66. The Bertz CT molecular complexity index is 3960. The number of rotatable bonds is 7. The fraction of sp³-hybridized carbons (Fsp3) is 0.0909. The predicted octanol–water partition coefficient (Wildman–Crippen LogP) is 17.5. The summed E-state index contributed by atoms with van der Waals surface area (Å²) in [6, 6.07) is 73.2. The number of hydrogen-bond donors (Lipinski definition) is 0. The van der Waals surface area contributed by atoms with Gasteiger partial charge in [0.2, 0.25) is 0 Å². The highest BCUT2D eigenvalue weighted by Crippen LogP contribution is 2.47. The minimum atomic E-state index is -0.307. The van der Waals surface area contributed by atoms with Crippen molar-refractivity contribution in [1.29, 1.82) is 0 Å². The first-order valence-corrected chi connectivity index (χ1v) is 24.3. The largest absolute Gasteiger partial charge is 0.460 e. The lowest BCUT2D eigenvalue weighted by Gasteiger charge is -2.29. The highest BCUT2D eigenvalue weighted by Gasteiger charge is 2.34. The number of benzene rings is 9. The number of allylic oxidation sites excluding steroid dienone is 2. The first-order valence-electron chi connectivity index (χ1n) is 24.3. The highest BCUT2D eigenvalue weighted by molar-refractivity contribution is 6.21. The van der Waals surface area contributed by atoms with Gasteiger partial charge in [0.15, 0.2) is 5.84 Å². The molecule has 1 atom stereocenters. The van der Waals surface area contributed by atoms with Crippen molar-refractivity contribution in [2.45, 2.75) is 38.5 Å². The molecule has 0 spiro atoms. The van der Waals surface area contributed by atoms with Gasteiger partial charge in [-0.25, -0.2) is 9.98 Å². The molecule has 4 nitrogen and oxygen atoms in total. The molecule has 9 aromatic carbocycles. The van der Waals surface area contributed by atoms with E-state index in [2.05, 4.69) is 226 Å². The summed E-state index contributed by atoms with van der Waals surface area (Å²) in [6.45, 7) is 4.55. The Morgan fingerprint density at radius 1 is 0.429 bits per heavy atom. The SMILES string of the molecule is C/C1=C(c2ccc(-c3ccccc3)cc2)/N=C(c2ccc(-c3cccc4oc5c(c34)C=CC(C)(c3cccc4oc6ccccc6c34)C5)c3ccccc23)\N=C(\c2ccc(-c3ccccc3)cc2)CC1. The molecule has 0 radical (unpaired) electrons. The molecule has 0 N–H and O–H groups in total. The quantitative estimate of drug-likeness (QED) is 0.160. The number of fused-ring (bicyclic) bond motifs is 7. The average Bonchev–Trinajstić information content (AvgIpc) is 3.98. The van der Waals surface area contributed by atoms with Gasteiger partial charge in [-0.05, 0) is 105 Å². The molecule has 2 aromatic heterocycles. The van der Waals surface area contributed by atoms with E-state index in [4.69, 9.17) is 18.8 Å². The third-order valence-corrected chi connectivity index (χ3v) is 14.6. The van der Waals surface area contributed by atoms with Crippen molar-refractivity contribution in [2.24, 2.45) is 9.98 Å². The lowest BCUT2D eigenvalue weighted by atomic mass is 9.73. The maximum atomic E-state index is 6.87. The van der Waals surface area contributed by atoms with E-state index in [1.165, 1.54) is 38.8 Å². The Morgan fingerprint density at radius 2 is 0.986 bits per heavy atom. The van der Waals surface area contributed by atoms with Gasteiger partial charge in [-0.15, -0.1) is 0 Å². The molecule has 0 saturated heterocycles. The smallest absolute Gasteiger partial charge is 0.160 e. The van der Waals surface area contributed by atoms with E-state index < -0.39 is 0 Å². The molecule has 2 aliphatic rings.